The van der Waals surface area contributed by atoms with E-state index in [0.29, 0.717) is 0 Å². The molecule has 9 aromatic rings. The van der Waals surface area contributed by atoms with Crippen LogP contribution in [0.2, 0.25) is 0 Å². The van der Waals surface area contributed by atoms with Gasteiger partial charge in [0.1, 0.15) is 11.2 Å². The molecule has 1 heteroatoms. The molecule has 0 aliphatic heterocycles. The standard InChI is InChI=1S/C42H26O/c1-2-10-30-25-32(22-19-27(30)9-1)42-36-14-5-3-12-34(36)41(35-13-4-6-15-37(35)42)29-20-17-28(18-21-29)31-23-24-40-38(26-31)33-11-7-8-16-39(33)43-40/h1-26H/i1D,2D,3D,4D,5D,6D,7D,8D,9D,10D,11D,12D,13D,16D,17D,18D,19D,20D,21D,22D,23D,24D,25D,26D. The molecule has 1 nitrogen and oxygen atoms in total. The van der Waals surface area contributed by atoms with Crippen molar-refractivity contribution in [2.75, 3.05) is 0 Å². The number of para-hydroxylation sites is 1. The van der Waals surface area contributed by atoms with E-state index in [4.69, 9.17) is 25.0 Å². The third-order valence-corrected chi connectivity index (χ3v) is 7.04. The SMILES string of the molecule is [2H]c1cc2c(-c3c([2H])c([2H])c4c([2H])c([2H])c([2H])c([2H])c4c3[2H])c3cc([2H])c([2H])c([2H])c3c(-c3c([2H])c([2H])c(-c4c([2H])c([2H])c5oc6c([2H])c([2H])c([2H])c([2H])c6c5c4[2H])c([2H])c3[2H])c2c([2H])c1[2H]. The molecule has 0 aliphatic rings. The predicted molar refractivity (Wildman–Crippen MR) is 183 cm³/mol. The third-order valence-electron chi connectivity index (χ3n) is 7.04. The van der Waals surface area contributed by atoms with Gasteiger partial charge < -0.3 is 4.42 Å². The van der Waals surface area contributed by atoms with Crippen molar-refractivity contribution in [2.24, 2.45) is 0 Å². The minimum atomic E-state index is -0.953. The Hall–Kier alpha value is -5.66. The van der Waals surface area contributed by atoms with Crippen molar-refractivity contribution in [2.45, 2.75) is 0 Å². The lowest BCUT2D eigenvalue weighted by atomic mass is 9.85. The zero-order valence-electron chi connectivity index (χ0n) is 45.6. The van der Waals surface area contributed by atoms with Gasteiger partial charge in [0.15, 0.2) is 0 Å². The fourth-order valence-corrected chi connectivity index (χ4v) is 5.17. The maximum Gasteiger partial charge on any atom is 0.135 e. The molecule has 200 valence electrons. The minimum absolute atomic E-state index is 0.310. The molecule has 0 spiro atoms. The first kappa shape index (κ1) is 10.3. The van der Waals surface area contributed by atoms with Crippen LogP contribution in [0.5, 0.6) is 0 Å². The summed E-state index contributed by atoms with van der Waals surface area (Å²) in [4.78, 5) is 0. The van der Waals surface area contributed by atoms with Gasteiger partial charge in [0, 0.05) is 10.8 Å². The zero-order chi connectivity index (χ0) is 49.2. The molecule has 43 heavy (non-hydrogen) atoms. The summed E-state index contributed by atoms with van der Waals surface area (Å²) in [5.74, 6) is 0. The van der Waals surface area contributed by atoms with Crippen LogP contribution in [0.25, 0.3) is 87.6 Å². The highest BCUT2D eigenvalue weighted by molar-refractivity contribution is 6.21. The molecule has 0 radical (unpaired) electrons. The van der Waals surface area contributed by atoms with Crippen molar-refractivity contribution in [1.29, 1.82) is 0 Å². The first-order valence-corrected chi connectivity index (χ1v) is 12.8. The van der Waals surface area contributed by atoms with Gasteiger partial charge in [-0.3, -0.25) is 0 Å². The highest BCUT2D eigenvalue weighted by Gasteiger charge is 2.17. The number of hydrogen-bond donors (Lipinski definition) is 0. The minimum Gasteiger partial charge on any atom is -0.456 e. The van der Waals surface area contributed by atoms with Gasteiger partial charge in [0.05, 0.1) is 32.9 Å². The van der Waals surface area contributed by atoms with Gasteiger partial charge in [-0.05, 0) is 89.9 Å². The third kappa shape index (κ3) is 3.79. The van der Waals surface area contributed by atoms with E-state index in [1.807, 2.05) is 0 Å². The van der Waals surface area contributed by atoms with Crippen LogP contribution in [0.1, 0.15) is 32.9 Å². The van der Waals surface area contributed by atoms with Crippen LogP contribution in [-0.2, 0) is 0 Å². The van der Waals surface area contributed by atoms with Gasteiger partial charge >= 0.3 is 0 Å². The number of hydrogen-bond acceptors (Lipinski definition) is 1. The molecular formula is C42H26O. The summed E-state index contributed by atoms with van der Waals surface area (Å²) in [6.45, 7) is 0. The summed E-state index contributed by atoms with van der Waals surface area (Å²) in [6, 6.07) is -16.5. The monoisotopic (exact) mass is 570 g/mol. The van der Waals surface area contributed by atoms with Crippen LogP contribution in [0.4, 0.5) is 0 Å². The van der Waals surface area contributed by atoms with Gasteiger partial charge in [0.2, 0.25) is 0 Å². The summed E-state index contributed by atoms with van der Waals surface area (Å²) in [5.41, 5.74) is -4.36. The lowest BCUT2D eigenvalue weighted by Crippen LogP contribution is -1.91. The molecule has 0 amide bonds. The molecule has 0 atom stereocenters. The summed E-state index contributed by atoms with van der Waals surface area (Å²) in [6.07, 6.45) is 0. The zero-order valence-corrected chi connectivity index (χ0v) is 21.6. The fourth-order valence-electron chi connectivity index (χ4n) is 5.17. The Balaban J connectivity index is 1.48. The van der Waals surface area contributed by atoms with Gasteiger partial charge in [-0.1, -0.05) is 133 Å². The Kier molecular flexibility index (Phi) is 2.25. The average molecular weight is 571 g/mol. The molecule has 0 fully saturated rings. The second kappa shape index (κ2) is 9.44. The van der Waals surface area contributed by atoms with Crippen LogP contribution in [-0.4, -0.2) is 0 Å². The molecule has 8 aromatic carbocycles. The maximum absolute atomic E-state index is 9.48. The van der Waals surface area contributed by atoms with Crippen molar-refractivity contribution >= 4 is 54.3 Å². The van der Waals surface area contributed by atoms with Gasteiger partial charge in [-0.2, -0.15) is 0 Å². The molecule has 9 rings (SSSR count). The summed E-state index contributed by atoms with van der Waals surface area (Å²) >= 11 is 0. The normalized spacial score (nSPS) is 19.5. The van der Waals surface area contributed by atoms with Crippen molar-refractivity contribution in [1.82, 2.24) is 0 Å². The second-order valence-corrected chi connectivity index (χ2v) is 9.42. The molecule has 0 saturated carbocycles. The van der Waals surface area contributed by atoms with E-state index in [1.165, 1.54) is 0 Å². The average Bonchev–Trinajstić information content (AvgIpc) is 3.70. The highest BCUT2D eigenvalue weighted by Crippen LogP contribution is 2.44. The Bertz CT molecular complexity index is 3750. The van der Waals surface area contributed by atoms with Crippen molar-refractivity contribution in [3.05, 3.63) is 157 Å². The van der Waals surface area contributed by atoms with Crippen LogP contribution in [0.15, 0.2) is 162 Å². The van der Waals surface area contributed by atoms with Crippen LogP contribution < -0.4 is 0 Å². The summed E-state index contributed by atoms with van der Waals surface area (Å²) in [7, 11) is 0. The van der Waals surface area contributed by atoms with Gasteiger partial charge in [-0.25, -0.2) is 0 Å². The van der Waals surface area contributed by atoms with E-state index in [2.05, 4.69) is 0 Å². The van der Waals surface area contributed by atoms with Crippen molar-refractivity contribution < 1.29 is 37.3 Å². The first-order chi connectivity index (χ1) is 31.3. The molecule has 1 aromatic heterocycles. The van der Waals surface area contributed by atoms with E-state index < -0.39 is 206 Å². The fraction of sp³-hybridized carbons (Fsp3) is 0. The lowest BCUT2D eigenvalue weighted by Gasteiger charge is -2.18. The van der Waals surface area contributed by atoms with Crippen LogP contribution >= 0.6 is 0 Å². The Labute approximate surface area is 283 Å². The molecule has 1 heterocycles. The second-order valence-electron chi connectivity index (χ2n) is 9.42. The Morgan fingerprint density at radius 1 is 0.349 bits per heavy atom. The number of rotatable bonds is 3. The van der Waals surface area contributed by atoms with Crippen LogP contribution in [0.3, 0.4) is 0 Å². The Morgan fingerprint density at radius 3 is 1.70 bits per heavy atom. The van der Waals surface area contributed by atoms with Crippen molar-refractivity contribution in [3.8, 4) is 33.4 Å². The van der Waals surface area contributed by atoms with E-state index >= 15 is 0 Å². The van der Waals surface area contributed by atoms with E-state index in [-0.39, 0.29) is 27.1 Å². The number of fused-ring (bicyclic) bond motifs is 6. The van der Waals surface area contributed by atoms with E-state index in [0.717, 1.165) is 12.1 Å². The predicted octanol–water partition coefficient (Wildman–Crippen LogP) is 12.0. The largest absolute Gasteiger partial charge is 0.456 e. The van der Waals surface area contributed by atoms with Gasteiger partial charge in [0.25, 0.3) is 0 Å². The first-order valence-electron chi connectivity index (χ1n) is 24.8. The molecule has 0 N–H and O–H groups in total. The quantitative estimate of drug-likeness (QED) is 0.193. The Morgan fingerprint density at radius 2 is 0.907 bits per heavy atom. The highest BCUT2D eigenvalue weighted by atomic mass is 16.3. The topological polar surface area (TPSA) is 13.1 Å². The van der Waals surface area contributed by atoms with Gasteiger partial charge in [-0.15, -0.1) is 0 Å². The molecule has 0 unspecified atom stereocenters. The van der Waals surface area contributed by atoms with Crippen LogP contribution in [0, 0.1) is 0 Å². The number of furan rings is 1. The lowest BCUT2D eigenvalue weighted by molar-refractivity contribution is 0.669. The molecule has 0 bridgehead atoms. The maximum atomic E-state index is 9.48. The number of benzene rings is 8. The molecule has 0 aliphatic carbocycles. The van der Waals surface area contributed by atoms with Crippen molar-refractivity contribution in [3.63, 3.8) is 0 Å². The van der Waals surface area contributed by atoms with E-state index in [1.54, 1.807) is 0 Å². The molecule has 0 saturated heterocycles. The summed E-state index contributed by atoms with van der Waals surface area (Å²) in [5, 5.41) is -3.25. The van der Waals surface area contributed by atoms with E-state index in [9.17, 15) is 12.3 Å². The smallest absolute Gasteiger partial charge is 0.135 e. The molecular weight excluding hydrogens is 520 g/mol. The summed E-state index contributed by atoms with van der Waals surface area (Å²) < 4.78 is 218.